The Morgan fingerprint density at radius 2 is 2.21 bits per heavy atom. The van der Waals surface area contributed by atoms with Gasteiger partial charge < -0.3 is 19.8 Å². The first-order valence-corrected chi connectivity index (χ1v) is 7.79. The van der Waals surface area contributed by atoms with Crippen molar-refractivity contribution in [2.45, 2.75) is 13.3 Å². The van der Waals surface area contributed by atoms with Crippen LogP contribution in [0.5, 0.6) is 11.5 Å². The number of aromatic nitrogens is 2. The number of nitrogens with zero attached hydrogens (tertiary/aromatic N) is 1. The highest BCUT2D eigenvalue weighted by atomic mass is 16.5. The van der Waals surface area contributed by atoms with Crippen molar-refractivity contribution >= 4 is 22.7 Å². The van der Waals surface area contributed by atoms with Crippen LogP contribution in [-0.2, 0) is 4.79 Å². The van der Waals surface area contributed by atoms with E-state index in [1.165, 1.54) is 6.92 Å². The number of benzene rings is 1. The number of hydrogen-bond donors (Lipinski definition) is 2. The number of esters is 1. The molecule has 0 saturated heterocycles. The van der Waals surface area contributed by atoms with Crippen LogP contribution in [0.1, 0.15) is 13.3 Å². The van der Waals surface area contributed by atoms with Crippen LogP contribution in [0.3, 0.4) is 0 Å². The van der Waals surface area contributed by atoms with E-state index in [9.17, 15) is 4.79 Å². The Labute approximate surface area is 139 Å². The third-order valence-electron chi connectivity index (χ3n) is 3.43. The van der Waals surface area contributed by atoms with Crippen molar-refractivity contribution in [3.63, 3.8) is 0 Å². The van der Waals surface area contributed by atoms with Gasteiger partial charge in [-0.25, -0.2) is 4.98 Å². The number of hydrogen-bond acceptors (Lipinski definition) is 5. The Hall–Kier alpha value is -3.02. The van der Waals surface area contributed by atoms with E-state index in [1.807, 2.05) is 36.4 Å². The van der Waals surface area contributed by atoms with Gasteiger partial charge in [0.05, 0.1) is 6.61 Å². The van der Waals surface area contributed by atoms with Gasteiger partial charge in [0.25, 0.3) is 0 Å². The van der Waals surface area contributed by atoms with E-state index >= 15 is 0 Å². The third kappa shape index (κ3) is 4.04. The number of carbonyl (C=O) groups is 1. The predicted molar refractivity (Wildman–Crippen MR) is 92.4 cm³/mol. The zero-order chi connectivity index (χ0) is 16.8. The second kappa shape index (κ2) is 7.50. The summed E-state index contributed by atoms with van der Waals surface area (Å²) in [6, 6.07) is 11.4. The smallest absolute Gasteiger partial charge is 0.308 e. The van der Waals surface area contributed by atoms with Gasteiger partial charge in [-0.15, -0.1) is 0 Å². The van der Waals surface area contributed by atoms with E-state index in [1.54, 1.807) is 12.4 Å². The highest BCUT2D eigenvalue weighted by molar-refractivity contribution is 5.89. The summed E-state index contributed by atoms with van der Waals surface area (Å²) in [5.74, 6) is 1.77. The standard InChI is InChI=1S/C18H19N3O3/c1-13(22)24-17-12-21-16-7-6-14(11-15(16)17)23-10-4-9-20-18-5-2-3-8-19-18/h2-3,5-8,11-12,21H,4,9-10H2,1H3,(H,19,20). The minimum Gasteiger partial charge on any atom is -0.494 e. The van der Waals surface area contributed by atoms with Crippen molar-refractivity contribution in [3.05, 3.63) is 48.8 Å². The lowest BCUT2D eigenvalue weighted by Crippen LogP contribution is -2.08. The summed E-state index contributed by atoms with van der Waals surface area (Å²) in [5, 5.41) is 4.06. The quantitative estimate of drug-likeness (QED) is 0.514. The van der Waals surface area contributed by atoms with Crippen LogP contribution in [0, 0.1) is 0 Å². The van der Waals surface area contributed by atoms with Crippen LogP contribution in [0.2, 0.25) is 0 Å². The van der Waals surface area contributed by atoms with Gasteiger partial charge in [-0.3, -0.25) is 4.79 Å². The molecule has 6 nitrogen and oxygen atoms in total. The van der Waals surface area contributed by atoms with Gasteiger partial charge in [0.1, 0.15) is 11.6 Å². The normalized spacial score (nSPS) is 10.5. The van der Waals surface area contributed by atoms with Gasteiger partial charge in [0, 0.05) is 36.8 Å². The summed E-state index contributed by atoms with van der Waals surface area (Å²) < 4.78 is 10.9. The zero-order valence-corrected chi connectivity index (χ0v) is 13.4. The molecule has 0 amide bonds. The molecular weight excluding hydrogens is 306 g/mol. The lowest BCUT2D eigenvalue weighted by Gasteiger charge is -2.08. The van der Waals surface area contributed by atoms with Crippen LogP contribution in [-0.4, -0.2) is 29.1 Å². The van der Waals surface area contributed by atoms with E-state index in [0.717, 1.165) is 35.4 Å². The molecular formula is C18H19N3O3. The molecule has 0 aliphatic rings. The molecule has 0 radical (unpaired) electrons. The number of carbonyl (C=O) groups excluding carboxylic acids is 1. The third-order valence-corrected chi connectivity index (χ3v) is 3.43. The topological polar surface area (TPSA) is 76.2 Å². The van der Waals surface area contributed by atoms with Crippen molar-refractivity contribution in [1.82, 2.24) is 9.97 Å². The first-order chi connectivity index (χ1) is 11.7. The highest BCUT2D eigenvalue weighted by Crippen LogP contribution is 2.29. The van der Waals surface area contributed by atoms with Crippen molar-refractivity contribution in [3.8, 4) is 11.5 Å². The molecule has 0 spiro atoms. The molecule has 124 valence electrons. The van der Waals surface area contributed by atoms with Crippen LogP contribution in [0.4, 0.5) is 5.82 Å². The molecule has 2 heterocycles. The SMILES string of the molecule is CC(=O)Oc1c[nH]c2ccc(OCCCNc3ccccn3)cc12. The Kier molecular flexibility index (Phi) is 4.96. The first-order valence-electron chi connectivity index (χ1n) is 7.79. The summed E-state index contributed by atoms with van der Waals surface area (Å²) in [7, 11) is 0. The van der Waals surface area contributed by atoms with Gasteiger partial charge in [-0.2, -0.15) is 0 Å². The minimum atomic E-state index is -0.345. The largest absolute Gasteiger partial charge is 0.494 e. The number of anilines is 1. The molecule has 1 aromatic carbocycles. The molecule has 0 fully saturated rings. The van der Waals surface area contributed by atoms with E-state index in [2.05, 4.69) is 15.3 Å². The maximum Gasteiger partial charge on any atom is 0.308 e. The van der Waals surface area contributed by atoms with Gasteiger partial charge in [0.15, 0.2) is 5.75 Å². The fourth-order valence-corrected chi connectivity index (χ4v) is 2.35. The lowest BCUT2D eigenvalue weighted by molar-refractivity contribution is -0.131. The van der Waals surface area contributed by atoms with Gasteiger partial charge >= 0.3 is 5.97 Å². The molecule has 24 heavy (non-hydrogen) atoms. The molecule has 6 heteroatoms. The summed E-state index contributed by atoms with van der Waals surface area (Å²) in [6.45, 7) is 2.74. The van der Waals surface area contributed by atoms with E-state index < -0.39 is 0 Å². The van der Waals surface area contributed by atoms with Crippen LogP contribution in [0.25, 0.3) is 10.9 Å². The van der Waals surface area contributed by atoms with E-state index in [4.69, 9.17) is 9.47 Å². The molecule has 0 aliphatic carbocycles. The molecule has 3 aromatic rings. The number of nitrogens with one attached hydrogen (secondary N) is 2. The fourth-order valence-electron chi connectivity index (χ4n) is 2.35. The van der Waals surface area contributed by atoms with E-state index in [0.29, 0.717) is 12.4 Å². The molecule has 3 rings (SSSR count). The molecule has 0 atom stereocenters. The summed E-state index contributed by atoms with van der Waals surface area (Å²) in [4.78, 5) is 18.4. The van der Waals surface area contributed by atoms with Gasteiger partial charge in [0.2, 0.25) is 0 Å². The number of ether oxygens (including phenoxy) is 2. The Morgan fingerprint density at radius 1 is 1.29 bits per heavy atom. The molecule has 2 aromatic heterocycles. The Bertz CT molecular complexity index is 815. The molecule has 2 N–H and O–H groups in total. The highest BCUT2D eigenvalue weighted by Gasteiger charge is 2.08. The van der Waals surface area contributed by atoms with Crippen molar-refractivity contribution in [1.29, 1.82) is 0 Å². The molecule has 0 unspecified atom stereocenters. The number of rotatable bonds is 7. The number of H-pyrrole nitrogens is 1. The average molecular weight is 325 g/mol. The second-order valence-corrected chi connectivity index (χ2v) is 5.30. The number of aromatic amines is 1. The van der Waals surface area contributed by atoms with Crippen LogP contribution < -0.4 is 14.8 Å². The second-order valence-electron chi connectivity index (χ2n) is 5.30. The number of pyridine rings is 1. The predicted octanol–water partition coefficient (Wildman–Crippen LogP) is 3.37. The maximum absolute atomic E-state index is 11.1. The van der Waals surface area contributed by atoms with Crippen molar-refractivity contribution in [2.75, 3.05) is 18.5 Å². The van der Waals surface area contributed by atoms with Crippen molar-refractivity contribution < 1.29 is 14.3 Å². The fraction of sp³-hybridized carbons (Fsp3) is 0.222. The zero-order valence-electron chi connectivity index (χ0n) is 13.4. The maximum atomic E-state index is 11.1. The summed E-state index contributed by atoms with van der Waals surface area (Å²) in [6.07, 6.45) is 4.27. The van der Waals surface area contributed by atoms with E-state index in [-0.39, 0.29) is 5.97 Å². The lowest BCUT2D eigenvalue weighted by atomic mass is 10.2. The van der Waals surface area contributed by atoms with Crippen LogP contribution in [0.15, 0.2) is 48.8 Å². The first kappa shape index (κ1) is 15.9. The molecule has 0 bridgehead atoms. The van der Waals surface area contributed by atoms with Gasteiger partial charge in [-0.1, -0.05) is 6.07 Å². The summed E-state index contributed by atoms with van der Waals surface area (Å²) in [5.41, 5.74) is 0.899. The van der Waals surface area contributed by atoms with Crippen molar-refractivity contribution in [2.24, 2.45) is 0 Å². The Balaban J connectivity index is 1.52. The van der Waals surface area contributed by atoms with Gasteiger partial charge in [-0.05, 0) is 36.8 Å². The summed E-state index contributed by atoms with van der Waals surface area (Å²) >= 11 is 0. The Morgan fingerprint density at radius 3 is 3.00 bits per heavy atom. The number of fused-ring (bicyclic) bond motifs is 1. The minimum absolute atomic E-state index is 0.345. The molecule has 0 aliphatic heterocycles. The molecule has 0 saturated carbocycles. The average Bonchev–Trinajstić information content (AvgIpc) is 2.97. The van der Waals surface area contributed by atoms with Crippen LogP contribution >= 0.6 is 0 Å². The monoisotopic (exact) mass is 325 g/mol.